The maximum absolute atomic E-state index is 5.00. The van der Waals surface area contributed by atoms with E-state index in [9.17, 15) is 0 Å². The van der Waals surface area contributed by atoms with Gasteiger partial charge in [0.25, 0.3) is 0 Å². The van der Waals surface area contributed by atoms with Crippen LogP contribution in [0.15, 0.2) is 0 Å². The average Bonchev–Trinajstić information content (AvgIpc) is 0.722. The van der Waals surface area contributed by atoms with Crippen LogP contribution in [0.2, 0.25) is 0 Å². The summed E-state index contributed by atoms with van der Waals surface area (Å²) < 4.78 is 0. The van der Waals surface area contributed by atoms with Gasteiger partial charge in [-0.25, -0.2) is 0 Å². The fourth-order valence-corrected chi connectivity index (χ4v) is 0. The van der Waals surface area contributed by atoms with Crippen molar-refractivity contribution in [3.8, 4) is 0 Å². The molecule has 0 rings (SSSR count). The number of rotatable bonds is 0. The molecule has 0 saturated carbocycles. The number of halogens is 4. The molecule has 0 aliphatic rings. The molecule has 5 heavy (non-hydrogen) atoms. The summed E-state index contributed by atoms with van der Waals surface area (Å²) in [6.07, 6.45) is 0. The Balaban J connectivity index is 3.02. The number of hydrogen-bond acceptors (Lipinski definition) is 0. The first kappa shape index (κ1) is 6.72. The van der Waals surface area contributed by atoms with Crippen molar-refractivity contribution in [3.05, 3.63) is 0 Å². The van der Waals surface area contributed by atoms with E-state index in [1.54, 1.807) is 0 Å². The predicted molar refractivity (Wildman–Crippen MR) is 29.2 cm³/mol. The first-order valence-corrected chi connectivity index (χ1v) is 10.5. The normalized spacial score (nSPS) is 12.0. The van der Waals surface area contributed by atoms with E-state index in [0.29, 0.717) is 0 Å². The third-order valence-corrected chi connectivity index (χ3v) is 0. The van der Waals surface area contributed by atoms with Crippen molar-refractivity contribution in [3.63, 3.8) is 0 Å². The van der Waals surface area contributed by atoms with E-state index in [2.05, 4.69) is 0 Å². The van der Waals surface area contributed by atoms with Crippen LogP contribution in [0.4, 0.5) is 0 Å². The summed E-state index contributed by atoms with van der Waals surface area (Å²) in [6, 6.07) is 0. The zero-order chi connectivity index (χ0) is 4.50. The Morgan fingerprint density at radius 3 is 0.800 bits per heavy atom. The zero-order valence-corrected chi connectivity index (χ0v) is 6.86. The van der Waals surface area contributed by atoms with Crippen molar-refractivity contribution in [1.82, 2.24) is 0 Å². The topological polar surface area (TPSA) is 0 Å². The molecule has 0 aliphatic heterocycles. The van der Waals surface area contributed by atoms with Gasteiger partial charge in [0.15, 0.2) is 0 Å². The summed E-state index contributed by atoms with van der Waals surface area (Å²) in [4.78, 5) is 0. The molecule has 0 nitrogen and oxygen atoms in total. The van der Waals surface area contributed by atoms with Crippen LogP contribution in [-0.4, -0.2) is 9.79 Å². The van der Waals surface area contributed by atoms with E-state index in [1.165, 1.54) is 0 Å². The monoisotopic (exact) mass is 215 g/mol. The summed E-state index contributed by atoms with van der Waals surface area (Å²) in [5, 5.41) is 0. The molecular weight excluding hydrogens is 217 g/mol. The van der Waals surface area contributed by atoms with E-state index >= 15 is 0 Å². The third-order valence-electron chi connectivity index (χ3n) is 0. The maximum atomic E-state index is 5.00. The summed E-state index contributed by atoms with van der Waals surface area (Å²) in [5.74, 6) is 0. The van der Waals surface area contributed by atoms with Gasteiger partial charge in [0.05, 0.1) is 0 Å². The van der Waals surface area contributed by atoms with Crippen molar-refractivity contribution in [2.24, 2.45) is 0 Å². The number of hydrogen-bond donors (Lipinski definition) is 0. The zero-order valence-electron chi connectivity index (χ0n) is 1.96. The van der Waals surface area contributed by atoms with Gasteiger partial charge in [0, 0.05) is 0 Å². The van der Waals surface area contributed by atoms with Crippen LogP contribution < -0.4 is 0 Å². The average molecular weight is 217 g/mol. The van der Waals surface area contributed by atoms with Crippen LogP contribution in [0.1, 0.15) is 0 Å². The quantitative estimate of drug-likeness (QED) is 0.546. The fourth-order valence-electron chi connectivity index (χ4n) is 0. The van der Waals surface area contributed by atoms with Gasteiger partial charge >= 0.3 is 49.6 Å². The fraction of sp³-hybridized carbons (Fsp3) is 0. The van der Waals surface area contributed by atoms with Gasteiger partial charge in [-0.15, -0.1) is 0 Å². The van der Waals surface area contributed by atoms with Crippen molar-refractivity contribution in [2.45, 2.75) is 0 Å². The molecule has 5 heteroatoms. The third kappa shape index (κ3) is 26.8. The SMILES string of the molecule is Cl[As+](Cl)(Cl)Cl. The van der Waals surface area contributed by atoms with Crippen molar-refractivity contribution >= 4 is 49.6 Å². The molecule has 0 spiro atoms. The van der Waals surface area contributed by atoms with Gasteiger partial charge in [-0.2, -0.15) is 0 Å². The second-order valence-electron chi connectivity index (χ2n) is 0.383. The molecular formula is AsCl4+. The van der Waals surface area contributed by atoms with Gasteiger partial charge < -0.3 is 0 Å². The minimum absolute atomic E-state index is 2.99. The van der Waals surface area contributed by atoms with Gasteiger partial charge in [0.1, 0.15) is 0 Å². The Morgan fingerprint density at radius 1 is 0.800 bits per heavy atom. The molecule has 0 fully saturated rings. The molecule has 0 atom stereocenters. The van der Waals surface area contributed by atoms with E-state index < -0.39 is 9.79 Å². The van der Waals surface area contributed by atoms with Gasteiger partial charge in [-0.05, 0) is 0 Å². The molecule has 0 aromatic rings. The molecule has 0 bridgehead atoms. The van der Waals surface area contributed by atoms with E-state index in [-0.39, 0.29) is 0 Å². The van der Waals surface area contributed by atoms with Gasteiger partial charge in [0.2, 0.25) is 0 Å². The summed E-state index contributed by atoms with van der Waals surface area (Å²) >= 11 is 0. The Morgan fingerprint density at radius 2 is 0.800 bits per heavy atom. The predicted octanol–water partition coefficient (Wildman–Crippen LogP) is 2.38. The second-order valence-corrected chi connectivity index (χ2v) is 17.9. The van der Waals surface area contributed by atoms with Crippen LogP contribution in [0.5, 0.6) is 0 Å². The van der Waals surface area contributed by atoms with E-state index in [4.69, 9.17) is 39.8 Å². The Bertz CT molecular complexity index is 19.1. The van der Waals surface area contributed by atoms with Crippen molar-refractivity contribution in [2.75, 3.05) is 0 Å². The second kappa shape index (κ2) is 2.14. The summed E-state index contributed by atoms with van der Waals surface area (Å²) in [7, 11) is 17.0. The van der Waals surface area contributed by atoms with Crippen LogP contribution in [0.25, 0.3) is 0 Å². The van der Waals surface area contributed by atoms with Gasteiger partial charge in [-0.3, -0.25) is 0 Å². The first-order chi connectivity index (χ1) is 2.00. The summed E-state index contributed by atoms with van der Waals surface area (Å²) in [5.41, 5.74) is 0. The molecule has 0 amide bonds. The van der Waals surface area contributed by atoms with Crippen LogP contribution >= 0.6 is 39.8 Å². The van der Waals surface area contributed by atoms with E-state index in [0.717, 1.165) is 0 Å². The molecule has 0 aliphatic carbocycles. The minimum atomic E-state index is -2.99. The molecule has 0 radical (unpaired) electrons. The van der Waals surface area contributed by atoms with E-state index in [1.807, 2.05) is 0 Å². The molecule has 0 unspecified atom stereocenters. The summed E-state index contributed by atoms with van der Waals surface area (Å²) in [6.45, 7) is 0. The molecule has 0 heterocycles. The molecule has 0 aromatic heterocycles. The Hall–Kier alpha value is 1.72. The van der Waals surface area contributed by atoms with Gasteiger partial charge in [-0.1, -0.05) is 0 Å². The Labute approximate surface area is 49.4 Å². The van der Waals surface area contributed by atoms with Crippen molar-refractivity contribution in [1.29, 1.82) is 0 Å². The Kier molecular flexibility index (Phi) is 2.87. The molecule has 0 saturated heterocycles. The van der Waals surface area contributed by atoms with Crippen molar-refractivity contribution < 1.29 is 0 Å². The van der Waals surface area contributed by atoms with Crippen LogP contribution in [-0.2, 0) is 0 Å². The molecule has 0 N–H and O–H groups in total. The standard InChI is InChI=1S/AsCl4/c2-1(3,4)5/q+1. The molecule has 0 aromatic carbocycles. The van der Waals surface area contributed by atoms with Crippen LogP contribution in [0.3, 0.4) is 0 Å². The van der Waals surface area contributed by atoms with Crippen LogP contribution in [0, 0.1) is 0 Å². The first-order valence-electron chi connectivity index (χ1n) is 0.676. The molecule has 32 valence electrons.